The van der Waals surface area contributed by atoms with E-state index in [9.17, 15) is 9.18 Å². The van der Waals surface area contributed by atoms with Crippen molar-refractivity contribution >= 4 is 17.5 Å². The van der Waals surface area contributed by atoms with Gasteiger partial charge in [-0.3, -0.25) is 4.79 Å². The lowest BCUT2D eigenvalue weighted by molar-refractivity contribution is -0.120. The van der Waals surface area contributed by atoms with Crippen molar-refractivity contribution < 1.29 is 13.9 Å². The zero-order valence-electron chi connectivity index (χ0n) is 12.3. The quantitative estimate of drug-likeness (QED) is 0.854. The van der Waals surface area contributed by atoms with E-state index in [0.717, 1.165) is 5.56 Å². The molecule has 0 atom stereocenters. The molecular weight excluding hydrogens is 317 g/mol. The van der Waals surface area contributed by atoms with Gasteiger partial charge in [-0.2, -0.15) is 0 Å². The van der Waals surface area contributed by atoms with Crippen LogP contribution >= 0.6 is 11.6 Å². The largest absolute Gasteiger partial charge is 0.478 e. The summed E-state index contributed by atoms with van der Waals surface area (Å²) < 4.78 is 18.4. The molecule has 1 N–H and O–H groups in total. The van der Waals surface area contributed by atoms with Gasteiger partial charge in [0.2, 0.25) is 5.91 Å². The Labute approximate surface area is 139 Å². The molecule has 3 nitrogen and oxygen atoms in total. The third kappa shape index (κ3) is 5.65. The van der Waals surface area contributed by atoms with Crippen LogP contribution in [0.25, 0.3) is 0 Å². The maximum atomic E-state index is 13.3. The van der Waals surface area contributed by atoms with Crippen LogP contribution in [-0.4, -0.2) is 19.1 Å². The van der Waals surface area contributed by atoms with Gasteiger partial charge >= 0.3 is 0 Å². The van der Waals surface area contributed by atoms with E-state index in [1.165, 1.54) is 12.1 Å². The molecule has 0 bridgehead atoms. The van der Waals surface area contributed by atoms with Crippen LogP contribution in [0.1, 0.15) is 5.56 Å². The van der Waals surface area contributed by atoms with Crippen molar-refractivity contribution in [2.75, 3.05) is 13.2 Å². The lowest BCUT2D eigenvalue weighted by atomic mass is 10.1. The first-order valence-corrected chi connectivity index (χ1v) is 7.38. The summed E-state index contributed by atoms with van der Waals surface area (Å²) in [4.78, 5) is 11.7. The molecule has 0 aromatic heterocycles. The Morgan fingerprint density at radius 1 is 1.13 bits per heavy atom. The highest BCUT2D eigenvalue weighted by atomic mass is 35.5. The highest BCUT2D eigenvalue weighted by Crippen LogP contribution is 2.15. The first-order valence-electron chi connectivity index (χ1n) is 7.00. The molecule has 0 saturated heterocycles. The van der Waals surface area contributed by atoms with Gasteiger partial charge in [-0.05, 0) is 23.8 Å². The number of ether oxygens (including phenoxy) is 1. The number of hydrogen-bond donors (Lipinski definition) is 1. The molecule has 0 saturated carbocycles. The molecule has 0 radical (unpaired) electrons. The first kappa shape index (κ1) is 16.9. The normalized spacial score (nSPS) is 9.65. The van der Waals surface area contributed by atoms with E-state index in [-0.39, 0.29) is 31.2 Å². The van der Waals surface area contributed by atoms with Gasteiger partial charge in [0.05, 0.1) is 13.0 Å². The van der Waals surface area contributed by atoms with Crippen LogP contribution in [0, 0.1) is 17.7 Å². The molecule has 0 unspecified atom stereocenters. The van der Waals surface area contributed by atoms with Crippen LogP contribution < -0.4 is 10.1 Å². The number of nitrogens with one attached hydrogen (secondary N) is 1. The van der Waals surface area contributed by atoms with E-state index >= 15 is 0 Å². The number of hydrogen-bond acceptors (Lipinski definition) is 2. The summed E-state index contributed by atoms with van der Waals surface area (Å²) in [6.45, 7) is 0.255. The van der Waals surface area contributed by atoms with Crippen molar-refractivity contribution in [2.24, 2.45) is 0 Å². The Kier molecular flexibility index (Phi) is 6.46. The van der Waals surface area contributed by atoms with Crippen molar-refractivity contribution in [2.45, 2.75) is 6.42 Å². The molecule has 0 fully saturated rings. The molecule has 118 valence electrons. The van der Waals surface area contributed by atoms with Gasteiger partial charge in [0.25, 0.3) is 0 Å². The molecule has 0 aliphatic carbocycles. The maximum absolute atomic E-state index is 13.3. The average molecular weight is 332 g/mol. The smallest absolute Gasteiger partial charge is 0.225 e. The molecular formula is C18H15ClFNO2. The number of rotatable bonds is 5. The van der Waals surface area contributed by atoms with E-state index < -0.39 is 5.82 Å². The fourth-order valence-corrected chi connectivity index (χ4v) is 2.01. The molecule has 2 rings (SSSR count). The second kappa shape index (κ2) is 8.82. The molecule has 0 spiro atoms. The summed E-state index contributed by atoms with van der Waals surface area (Å²) in [6, 6.07) is 13.3. The Bertz CT molecular complexity index is 737. The number of para-hydroxylation sites is 1. The third-order valence-electron chi connectivity index (χ3n) is 2.94. The fourth-order valence-electron chi connectivity index (χ4n) is 1.81. The van der Waals surface area contributed by atoms with E-state index in [1.54, 1.807) is 24.3 Å². The van der Waals surface area contributed by atoms with Crippen LogP contribution in [0.5, 0.6) is 5.75 Å². The monoisotopic (exact) mass is 331 g/mol. The van der Waals surface area contributed by atoms with E-state index in [2.05, 4.69) is 17.2 Å². The topological polar surface area (TPSA) is 38.3 Å². The second-order valence-corrected chi connectivity index (χ2v) is 5.02. The van der Waals surface area contributed by atoms with Gasteiger partial charge in [0.1, 0.15) is 6.61 Å². The standard InChI is InChI=1S/C18H15ClFNO2/c19-15-8-2-1-7-14(15)13-18(22)21-11-5-6-12-23-17-10-4-3-9-16(17)20/h1-4,7-10H,11-13H2,(H,21,22). The predicted molar refractivity (Wildman–Crippen MR) is 87.8 cm³/mol. The minimum Gasteiger partial charge on any atom is -0.478 e. The number of benzene rings is 2. The summed E-state index contributed by atoms with van der Waals surface area (Å²) >= 11 is 5.99. The van der Waals surface area contributed by atoms with Gasteiger partial charge in [0, 0.05) is 5.02 Å². The zero-order valence-corrected chi connectivity index (χ0v) is 13.1. The molecule has 2 aromatic rings. The van der Waals surface area contributed by atoms with Gasteiger partial charge < -0.3 is 10.1 Å². The van der Waals surface area contributed by atoms with Gasteiger partial charge in [-0.1, -0.05) is 53.8 Å². The molecule has 2 aromatic carbocycles. The molecule has 5 heteroatoms. The number of halogens is 2. The molecule has 0 heterocycles. The highest BCUT2D eigenvalue weighted by molar-refractivity contribution is 6.31. The summed E-state index contributed by atoms with van der Waals surface area (Å²) in [5, 5.41) is 3.23. The minimum absolute atomic E-state index is 0.0569. The van der Waals surface area contributed by atoms with E-state index in [0.29, 0.717) is 5.02 Å². The van der Waals surface area contributed by atoms with Crippen molar-refractivity contribution in [3.63, 3.8) is 0 Å². The minimum atomic E-state index is -0.428. The van der Waals surface area contributed by atoms with Gasteiger partial charge in [0.15, 0.2) is 11.6 Å². The number of amides is 1. The number of carbonyl (C=O) groups excluding carboxylic acids is 1. The Hall–Kier alpha value is -2.51. The van der Waals surface area contributed by atoms with Gasteiger partial charge in [-0.25, -0.2) is 4.39 Å². The molecule has 23 heavy (non-hydrogen) atoms. The third-order valence-corrected chi connectivity index (χ3v) is 3.31. The van der Waals surface area contributed by atoms with Gasteiger partial charge in [-0.15, -0.1) is 0 Å². The van der Waals surface area contributed by atoms with Crippen molar-refractivity contribution in [3.8, 4) is 17.6 Å². The summed E-state index contributed by atoms with van der Waals surface area (Å²) in [5.41, 5.74) is 0.766. The Balaban J connectivity index is 1.70. The van der Waals surface area contributed by atoms with E-state index in [4.69, 9.17) is 16.3 Å². The van der Waals surface area contributed by atoms with E-state index in [1.807, 2.05) is 12.1 Å². The summed E-state index contributed by atoms with van der Waals surface area (Å²) in [7, 11) is 0. The lowest BCUT2D eigenvalue weighted by Gasteiger charge is -2.04. The summed E-state index contributed by atoms with van der Waals surface area (Å²) in [6.07, 6.45) is 0.201. The maximum Gasteiger partial charge on any atom is 0.225 e. The Morgan fingerprint density at radius 2 is 1.87 bits per heavy atom. The van der Waals surface area contributed by atoms with Crippen molar-refractivity contribution in [1.82, 2.24) is 5.32 Å². The summed E-state index contributed by atoms with van der Waals surface area (Å²) in [5.74, 6) is 5.02. The SMILES string of the molecule is O=C(Cc1ccccc1Cl)NCC#CCOc1ccccc1F. The molecule has 0 aliphatic rings. The zero-order chi connectivity index (χ0) is 16.5. The van der Waals surface area contributed by atoms with Crippen LogP contribution in [0.3, 0.4) is 0 Å². The molecule has 0 aliphatic heterocycles. The first-order chi connectivity index (χ1) is 11.2. The van der Waals surface area contributed by atoms with Crippen LogP contribution in [0.4, 0.5) is 4.39 Å². The van der Waals surface area contributed by atoms with Crippen molar-refractivity contribution in [1.29, 1.82) is 0 Å². The lowest BCUT2D eigenvalue weighted by Crippen LogP contribution is -2.25. The van der Waals surface area contributed by atoms with Crippen LogP contribution in [0.15, 0.2) is 48.5 Å². The molecule has 1 amide bonds. The Morgan fingerprint density at radius 3 is 2.65 bits per heavy atom. The van der Waals surface area contributed by atoms with Crippen molar-refractivity contribution in [3.05, 3.63) is 64.9 Å². The van der Waals surface area contributed by atoms with Crippen LogP contribution in [0.2, 0.25) is 5.02 Å². The second-order valence-electron chi connectivity index (χ2n) is 4.62. The van der Waals surface area contributed by atoms with Crippen LogP contribution in [-0.2, 0) is 11.2 Å². The predicted octanol–water partition coefficient (Wildman–Crippen LogP) is 3.22. The average Bonchev–Trinajstić information content (AvgIpc) is 2.54. The highest BCUT2D eigenvalue weighted by Gasteiger charge is 2.05. The number of carbonyl (C=O) groups is 1. The fraction of sp³-hybridized carbons (Fsp3) is 0.167.